The molecule has 2 heterocycles. The van der Waals surface area contributed by atoms with Gasteiger partial charge in [0.1, 0.15) is 17.2 Å². The topological polar surface area (TPSA) is 71.1 Å². The average molecular weight is 455 g/mol. The van der Waals surface area contributed by atoms with Crippen LogP contribution in [0.15, 0.2) is 33.9 Å². The summed E-state index contributed by atoms with van der Waals surface area (Å²) in [7, 11) is 1.78. The van der Waals surface area contributed by atoms with Crippen LogP contribution in [0.3, 0.4) is 0 Å². The zero-order valence-electron chi connectivity index (χ0n) is 19.7. The van der Waals surface area contributed by atoms with Gasteiger partial charge in [-0.2, -0.15) is 0 Å². The number of hydrogen-bond acceptors (Lipinski definition) is 4. The summed E-state index contributed by atoms with van der Waals surface area (Å²) in [4.78, 5) is 30.0. The molecule has 1 aromatic carbocycles. The number of halogens is 1. The summed E-state index contributed by atoms with van der Waals surface area (Å²) in [6.07, 6.45) is 6.32. The first-order valence-electron chi connectivity index (χ1n) is 11.6. The zero-order valence-corrected chi connectivity index (χ0v) is 19.7. The van der Waals surface area contributed by atoms with E-state index < -0.39 is 5.67 Å². The van der Waals surface area contributed by atoms with Crippen LogP contribution in [0.5, 0.6) is 5.75 Å². The number of nitrogens with zero attached hydrogens (tertiary/aromatic N) is 4. The van der Waals surface area contributed by atoms with Gasteiger partial charge in [-0.15, -0.1) is 0 Å². The SMILES string of the molecule is CCn1c(=O)c2c(nc(/C=C/c3ccc(OC4CCC(C)(F)CC4)cc3)n2C)n(CC)c1=O. The Hall–Kier alpha value is -3.16. The lowest BCUT2D eigenvalue weighted by molar-refractivity contribution is 0.0579. The summed E-state index contributed by atoms with van der Waals surface area (Å²) in [5, 5.41) is 0. The van der Waals surface area contributed by atoms with E-state index in [0.29, 0.717) is 42.9 Å². The van der Waals surface area contributed by atoms with Crippen LogP contribution < -0.4 is 16.0 Å². The second-order valence-corrected chi connectivity index (χ2v) is 8.91. The van der Waals surface area contributed by atoms with E-state index in [0.717, 1.165) is 24.2 Å². The standard InChI is InChI=1S/C25H31FN4O3/c1-5-29-22-21(23(31)30(6-2)24(29)32)28(4)20(27-22)12-9-17-7-10-18(11-8-17)33-19-13-15-25(3,26)16-14-19/h7-12,19H,5-6,13-16H2,1-4H3/b12-9+. The molecule has 0 amide bonds. The van der Waals surface area contributed by atoms with Crippen LogP contribution in [0, 0.1) is 0 Å². The second kappa shape index (κ2) is 9.00. The molecule has 0 N–H and O–H groups in total. The number of ether oxygens (including phenoxy) is 1. The summed E-state index contributed by atoms with van der Waals surface area (Å²) in [5.74, 6) is 1.36. The van der Waals surface area contributed by atoms with Gasteiger partial charge in [-0.25, -0.2) is 14.2 Å². The lowest BCUT2D eigenvalue weighted by Crippen LogP contribution is -2.39. The van der Waals surface area contributed by atoms with Crippen molar-refractivity contribution >= 4 is 23.3 Å². The minimum Gasteiger partial charge on any atom is -0.490 e. The molecule has 1 saturated carbocycles. The molecule has 0 atom stereocenters. The van der Waals surface area contributed by atoms with E-state index in [4.69, 9.17) is 4.74 Å². The molecule has 3 aromatic rings. The molecule has 1 aliphatic carbocycles. The van der Waals surface area contributed by atoms with Crippen molar-refractivity contribution in [2.75, 3.05) is 0 Å². The number of aromatic nitrogens is 4. The smallest absolute Gasteiger partial charge is 0.332 e. The van der Waals surface area contributed by atoms with Crippen LogP contribution in [0.1, 0.15) is 57.8 Å². The van der Waals surface area contributed by atoms with E-state index in [1.165, 1.54) is 9.13 Å². The van der Waals surface area contributed by atoms with Gasteiger partial charge < -0.3 is 9.30 Å². The maximum atomic E-state index is 14.0. The molecule has 8 heteroatoms. The third-order valence-corrected chi connectivity index (χ3v) is 6.49. The Bertz CT molecular complexity index is 1290. The molecule has 176 valence electrons. The fraction of sp³-hybridized carbons (Fsp3) is 0.480. The molecule has 0 radical (unpaired) electrons. The number of rotatable bonds is 6. The lowest BCUT2D eigenvalue weighted by atomic mass is 9.86. The van der Waals surface area contributed by atoms with Crippen LogP contribution in [-0.2, 0) is 20.1 Å². The van der Waals surface area contributed by atoms with Crippen molar-refractivity contribution in [3.63, 3.8) is 0 Å². The molecular formula is C25H31FN4O3. The number of aryl methyl sites for hydroxylation is 2. The molecule has 7 nitrogen and oxygen atoms in total. The van der Waals surface area contributed by atoms with Gasteiger partial charge in [-0.1, -0.05) is 18.2 Å². The van der Waals surface area contributed by atoms with Crippen LogP contribution in [0.2, 0.25) is 0 Å². The maximum absolute atomic E-state index is 14.0. The molecule has 0 unspecified atom stereocenters. The van der Waals surface area contributed by atoms with Crippen molar-refractivity contribution < 1.29 is 9.13 Å². The highest BCUT2D eigenvalue weighted by Crippen LogP contribution is 2.33. The summed E-state index contributed by atoms with van der Waals surface area (Å²) >= 11 is 0. The number of hydrogen-bond donors (Lipinski definition) is 0. The molecule has 33 heavy (non-hydrogen) atoms. The molecule has 2 aromatic heterocycles. The lowest BCUT2D eigenvalue weighted by Gasteiger charge is -2.31. The Morgan fingerprint density at radius 1 is 1.09 bits per heavy atom. The van der Waals surface area contributed by atoms with Crippen molar-refractivity contribution in [1.29, 1.82) is 0 Å². The molecule has 1 aliphatic rings. The monoisotopic (exact) mass is 454 g/mol. The highest BCUT2D eigenvalue weighted by molar-refractivity contribution is 5.76. The van der Waals surface area contributed by atoms with E-state index in [1.807, 2.05) is 43.3 Å². The van der Waals surface area contributed by atoms with Gasteiger partial charge >= 0.3 is 5.69 Å². The summed E-state index contributed by atoms with van der Waals surface area (Å²) < 4.78 is 24.5. The van der Waals surface area contributed by atoms with Gasteiger partial charge in [-0.05, 0) is 70.2 Å². The highest BCUT2D eigenvalue weighted by atomic mass is 19.1. The highest BCUT2D eigenvalue weighted by Gasteiger charge is 2.31. The predicted molar refractivity (Wildman–Crippen MR) is 128 cm³/mol. The van der Waals surface area contributed by atoms with Crippen LogP contribution in [-0.4, -0.2) is 30.5 Å². The van der Waals surface area contributed by atoms with Crippen LogP contribution >= 0.6 is 0 Å². The maximum Gasteiger partial charge on any atom is 0.332 e. The number of alkyl halides is 1. The normalized spacial score (nSPS) is 21.2. The van der Waals surface area contributed by atoms with Gasteiger partial charge in [-0.3, -0.25) is 13.9 Å². The molecule has 0 spiro atoms. The van der Waals surface area contributed by atoms with Gasteiger partial charge in [0.05, 0.1) is 6.10 Å². The van der Waals surface area contributed by atoms with E-state index in [9.17, 15) is 14.0 Å². The Kier molecular flexibility index (Phi) is 6.28. The van der Waals surface area contributed by atoms with Crippen molar-refractivity contribution in [2.45, 2.75) is 71.3 Å². The first-order chi connectivity index (χ1) is 15.7. The van der Waals surface area contributed by atoms with E-state index in [-0.39, 0.29) is 17.4 Å². The quantitative estimate of drug-likeness (QED) is 0.561. The first-order valence-corrected chi connectivity index (χ1v) is 11.6. The van der Waals surface area contributed by atoms with Gasteiger partial charge in [0.25, 0.3) is 5.56 Å². The summed E-state index contributed by atoms with van der Waals surface area (Å²) in [5.41, 5.74) is 0.0382. The van der Waals surface area contributed by atoms with Crippen molar-refractivity contribution in [3.05, 3.63) is 56.5 Å². The Labute approximate surface area is 192 Å². The van der Waals surface area contributed by atoms with Crippen LogP contribution in [0.4, 0.5) is 4.39 Å². The van der Waals surface area contributed by atoms with E-state index >= 15 is 0 Å². The summed E-state index contributed by atoms with van der Waals surface area (Å²) in [6.45, 7) is 6.05. The Morgan fingerprint density at radius 2 is 1.73 bits per heavy atom. The zero-order chi connectivity index (χ0) is 23.8. The third kappa shape index (κ3) is 4.51. The van der Waals surface area contributed by atoms with Crippen molar-refractivity contribution in [1.82, 2.24) is 18.7 Å². The second-order valence-electron chi connectivity index (χ2n) is 8.91. The number of imidazole rings is 1. The third-order valence-electron chi connectivity index (χ3n) is 6.49. The Morgan fingerprint density at radius 3 is 2.33 bits per heavy atom. The molecule has 1 fully saturated rings. The van der Waals surface area contributed by atoms with Crippen LogP contribution in [0.25, 0.3) is 23.3 Å². The van der Waals surface area contributed by atoms with Crippen molar-refractivity contribution in [2.24, 2.45) is 7.05 Å². The fourth-order valence-corrected chi connectivity index (χ4v) is 4.42. The minimum atomic E-state index is -1.07. The summed E-state index contributed by atoms with van der Waals surface area (Å²) in [6, 6.07) is 7.71. The predicted octanol–water partition coefficient (Wildman–Crippen LogP) is 4.16. The molecule has 0 saturated heterocycles. The first kappa shape index (κ1) is 23.0. The minimum absolute atomic E-state index is 0.0542. The Balaban J connectivity index is 1.55. The molecule has 0 bridgehead atoms. The molecule has 4 rings (SSSR count). The average Bonchev–Trinajstić information content (AvgIpc) is 3.11. The largest absolute Gasteiger partial charge is 0.490 e. The van der Waals surface area contributed by atoms with E-state index in [2.05, 4.69) is 4.98 Å². The number of fused-ring (bicyclic) bond motifs is 1. The van der Waals surface area contributed by atoms with Gasteiger partial charge in [0.2, 0.25) is 0 Å². The van der Waals surface area contributed by atoms with Crippen molar-refractivity contribution in [3.8, 4) is 5.75 Å². The van der Waals surface area contributed by atoms with Gasteiger partial charge in [0.15, 0.2) is 11.2 Å². The van der Waals surface area contributed by atoms with Gasteiger partial charge in [0, 0.05) is 20.1 Å². The fourth-order valence-electron chi connectivity index (χ4n) is 4.42. The molecule has 0 aliphatic heterocycles. The molecular weight excluding hydrogens is 423 g/mol. The number of benzene rings is 1. The van der Waals surface area contributed by atoms with E-state index in [1.54, 1.807) is 25.5 Å².